The van der Waals surface area contributed by atoms with Crippen molar-refractivity contribution >= 4 is 28.6 Å². The molecule has 6 nitrogen and oxygen atoms in total. The van der Waals surface area contributed by atoms with Gasteiger partial charge in [0.25, 0.3) is 0 Å². The van der Waals surface area contributed by atoms with Crippen LogP contribution >= 0.6 is 11.8 Å². The molecule has 1 N–H and O–H groups in total. The third kappa shape index (κ3) is 7.30. The molecule has 4 rings (SSSR count). The predicted octanol–water partition coefficient (Wildman–Crippen LogP) is 7.64. The summed E-state index contributed by atoms with van der Waals surface area (Å²) < 4.78 is 19.4. The molecule has 0 aliphatic heterocycles. The van der Waals surface area contributed by atoms with E-state index in [0.717, 1.165) is 75.9 Å². The van der Waals surface area contributed by atoms with E-state index in [1.54, 1.807) is 26.0 Å². The van der Waals surface area contributed by atoms with Gasteiger partial charge >= 0.3 is 5.97 Å². The van der Waals surface area contributed by atoms with Gasteiger partial charge in [0.2, 0.25) is 0 Å². The van der Waals surface area contributed by atoms with Crippen LogP contribution in [0.25, 0.3) is 10.9 Å². The first-order chi connectivity index (χ1) is 19.0. The summed E-state index contributed by atoms with van der Waals surface area (Å²) in [5.74, 6) is 1.76. The molecular weight excluding hydrogens is 510 g/mol. The second-order valence-electron chi connectivity index (χ2n) is 9.40. The van der Waals surface area contributed by atoms with Crippen molar-refractivity contribution in [2.24, 2.45) is 0 Å². The molecule has 0 aliphatic carbocycles. The van der Waals surface area contributed by atoms with Crippen LogP contribution in [0.5, 0.6) is 17.2 Å². The van der Waals surface area contributed by atoms with Crippen molar-refractivity contribution in [3.63, 3.8) is 0 Å². The van der Waals surface area contributed by atoms with Crippen molar-refractivity contribution in [2.45, 2.75) is 61.8 Å². The van der Waals surface area contributed by atoms with E-state index in [1.165, 1.54) is 5.56 Å². The maximum atomic E-state index is 11.6. The molecule has 0 radical (unpaired) electrons. The second-order valence-corrected chi connectivity index (χ2v) is 10.5. The molecule has 0 amide bonds. The monoisotopic (exact) mass is 547 g/mol. The molecule has 3 aromatic carbocycles. The lowest BCUT2D eigenvalue weighted by atomic mass is 10.1. The maximum Gasteiger partial charge on any atom is 0.303 e. The summed E-state index contributed by atoms with van der Waals surface area (Å²) in [5, 5.41) is 10.6. The van der Waals surface area contributed by atoms with Gasteiger partial charge in [-0.3, -0.25) is 4.79 Å². The average molecular weight is 548 g/mol. The molecular formula is C32H37NO5S. The third-order valence-corrected chi connectivity index (χ3v) is 7.85. The topological polar surface area (TPSA) is 69.9 Å². The highest BCUT2D eigenvalue weighted by molar-refractivity contribution is 7.99. The van der Waals surface area contributed by atoms with Crippen LogP contribution in [-0.2, 0) is 24.2 Å². The minimum absolute atomic E-state index is 0.0800. The zero-order valence-corrected chi connectivity index (χ0v) is 23.8. The molecule has 4 aromatic rings. The fourth-order valence-electron chi connectivity index (χ4n) is 4.77. The SMILES string of the molecule is CCCc1cc(OC)ccc1OCCCCn1c(CCC(=O)O)c(Sc2ccccc2)c2cc(OC)ccc21. The van der Waals surface area contributed by atoms with Crippen LogP contribution in [0.3, 0.4) is 0 Å². The molecule has 0 unspecified atom stereocenters. The number of ether oxygens (including phenoxy) is 3. The minimum Gasteiger partial charge on any atom is -0.497 e. The van der Waals surface area contributed by atoms with Crippen molar-refractivity contribution in [1.29, 1.82) is 0 Å². The average Bonchev–Trinajstić information content (AvgIpc) is 3.24. The van der Waals surface area contributed by atoms with Crippen molar-refractivity contribution in [1.82, 2.24) is 4.57 Å². The summed E-state index contributed by atoms with van der Waals surface area (Å²) in [4.78, 5) is 13.8. The Morgan fingerprint density at radius 1 is 0.923 bits per heavy atom. The summed E-state index contributed by atoms with van der Waals surface area (Å²) in [6.07, 6.45) is 4.32. The molecule has 7 heteroatoms. The van der Waals surface area contributed by atoms with E-state index in [1.807, 2.05) is 36.4 Å². The molecule has 206 valence electrons. The number of carbonyl (C=O) groups is 1. The molecule has 0 aliphatic rings. The van der Waals surface area contributed by atoms with Gasteiger partial charge in [0.15, 0.2) is 0 Å². The first-order valence-corrected chi connectivity index (χ1v) is 14.3. The van der Waals surface area contributed by atoms with Crippen molar-refractivity contribution in [3.05, 3.63) is 78.0 Å². The highest BCUT2D eigenvalue weighted by atomic mass is 32.2. The van der Waals surface area contributed by atoms with Crippen LogP contribution in [0.15, 0.2) is 76.5 Å². The van der Waals surface area contributed by atoms with E-state index >= 15 is 0 Å². The van der Waals surface area contributed by atoms with Gasteiger partial charge in [-0.2, -0.15) is 0 Å². The van der Waals surface area contributed by atoms with E-state index < -0.39 is 5.97 Å². The largest absolute Gasteiger partial charge is 0.497 e. The number of benzene rings is 3. The van der Waals surface area contributed by atoms with E-state index in [9.17, 15) is 9.90 Å². The predicted molar refractivity (Wildman–Crippen MR) is 157 cm³/mol. The lowest BCUT2D eigenvalue weighted by Crippen LogP contribution is -2.08. The fraction of sp³-hybridized carbons (Fsp3) is 0.344. The molecule has 0 atom stereocenters. The number of hydrogen-bond donors (Lipinski definition) is 1. The van der Waals surface area contributed by atoms with Crippen LogP contribution < -0.4 is 14.2 Å². The summed E-state index contributed by atoms with van der Waals surface area (Å²) in [6, 6.07) is 22.3. The Morgan fingerprint density at radius 3 is 2.38 bits per heavy atom. The maximum absolute atomic E-state index is 11.6. The number of hydrogen-bond acceptors (Lipinski definition) is 5. The van der Waals surface area contributed by atoms with Gasteiger partial charge in [-0.1, -0.05) is 43.3 Å². The van der Waals surface area contributed by atoms with Crippen LogP contribution in [-0.4, -0.2) is 36.5 Å². The van der Waals surface area contributed by atoms with E-state index in [4.69, 9.17) is 14.2 Å². The molecule has 0 saturated heterocycles. The molecule has 1 aromatic heterocycles. The highest BCUT2D eigenvalue weighted by Gasteiger charge is 2.20. The molecule has 0 bridgehead atoms. The van der Waals surface area contributed by atoms with Gasteiger partial charge in [-0.05, 0) is 79.8 Å². The number of aryl methyl sites for hydroxylation is 2. The quantitative estimate of drug-likeness (QED) is 0.154. The number of aliphatic carboxylic acids is 1. The number of aromatic nitrogens is 1. The number of methoxy groups -OCH3 is 2. The molecule has 0 fully saturated rings. The summed E-state index contributed by atoms with van der Waals surface area (Å²) in [7, 11) is 3.35. The Balaban J connectivity index is 1.55. The number of rotatable bonds is 15. The Bertz CT molecular complexity index is 1380. The van der Waals surface area contributed by atoms with E-state index in [-0.39, 0.29) is 6.42 Å². The van der Waals surface area contributed by atoms with Crippen LogP contribution in [0, 0.1) is 0 Å². The normalized spacial score (nSPS) is 11.1. The third-order valence-electron chi connectivity index (χ3n) is 6.69. The number of carboxylic acid groups (broad SMARTS) is 1. The van der Waals surface area contributed by atoms with Crippen molar-refractivity contribution in [2.75, 3.05) is 20.8 Å². The first kappa shape index (κ1) is 28.4. The Hall–Kier alpha value is -3.58. The van der Waals surface area contributed by atoms with Crippen LogP contribution in [0.4, 0.5) is 0 Å². The number of carboxylic acids is 1. The van der Waals surface area contributed by atoms with Crippen molar-refractivity contribution < 1.29 is 24.1 Å². The second kappa shape index (κ2) is 14.0. The number of fused-ring (bicyclic) bond motifs is 1. The highest BCUT2D eigenvalue weighted by Crippen LogP contribution is 2.40. The van der Waals surface area contributed by atoms with Crippen LogP contribution in [0.2, 0.25) is 0 Å². The smallest absolute Gasteiger partial charge is 0.303 e. The Morgan fingerprint density at radius 2 is 1.67 bits per heavy atom. The molecule has 1 heterocycles. The zero-order chi connectivity index (χ0) is 27.6. The lowest BCUT2D eigenvalue weighted by molar-refractivity contribution is -0.137. The van der Waals surface area contributed by atoms with Gasteiger partial charge in [0.05, 0.1) is 27.2 Å². The number of nitrogens with zero attached hydrogens (tertiary/aromatic N) is 1. The van der Waals surface area contributed by atoms with Crippen molar-refractivity contribution in [3.8, 4) is 17.2 Å². The van der Waals surface area contributed by atoms with Gasteiger partial charge in [0.1, 0.15) is 17.2 Å². The Kier molecular flexibility index (Phi) is 10.2. The standard InChI is InChI=1S/C32H37NO5S/c1-4-10-23-21-24(36-2)14-17-30(23)38-20-9-8-19-33-28-15-13-25(37-3)22-27(28)32(29(33)16-18-31(34)35)39-26-11-6-5-7-12-26/h5-7,11-15,17,21-22H,4,8-10,16,18-20H2,1-3H3,(H,34,35). The fourth-order valence-corrected chi connectivity index (χ4v) is 5.91. The molecule has 0 saturated carbocycles. The van der Waals surface area contributed by atoms with Crippen LogP contribution in [0.1, 0.15) is 43.9 Å². The summed E-state index contributed by atoms with van der Waals surface area (Å²) in [5.41, 5.74) is 3.31. The minimum atomic E-state index is -0.796. The van der Waals surface area contributed by atoms with E-state index in [2.05, 4.69) is 41.8 Å². The Labute approximate surface area is 234 Å². The van der Waals surface area contributed by atoms with Gasteiger partial charge < -0.3 is 23.9 Å². The van der Waals surface area contributed by atoms with Gasteiger partial charge in [0, 0.05) is 32.9 Å². The van der Waals surface area contributed by atoms with E-state index in [0.29, 0.717) is 13.0 Å². The zero-order valence-electron chi connectivity index (χ0n) is 22.9. The molecule has 39 heavy (non-hydrogen) atoms. The van der Waals surface area contributed by atoms with Gasteiger partial charge in [-0.15, -0.1) is 0 Å². The summed E-state index contributed by atoms with van der Waals surface area (Å²) in [6.45, 7) is 3.56. The summed E-state index contributed by atoms with van der Waals surface area (Å²) >= 11 is 1.68. The first-order valence-electron chi connectivity index (χ1n) is 13.5. The molecule has 0 spiro atoms. The lowest BCUT2D eigenvalue weighted by Gasteiger charge is -2.14. The number of unbranched alkanes of at least 4 members (excludes halogenated alkanes) is 1. The van der Waals surface area contributed by atoms with Gasteiger partial charge in [-0.25, -0.2) is 0 Å².